The topological polar surface area (TPSA) is 55.7 Å². The summed E-state index contributed by atoms with van der Waals surface area (Å²) in [6, 6.07) is 0. The molecule has 0 spiro atoms. The van der Waals surface area contributed by atoms with Gasteiger partial charge in [-0.05, 0) is 6.92 Å². The largest absolute Gasteiger partial charge is 0.364 e. The maximum Gasteiger partial charge on any atom is 0.364 e. The van der Waals surface area contributed by atoms with Crippen LogP contribution in [0.15, 0.2) is 10.1 Å². The highest BCUT2D eigenvalue weighted by Crippen LogP contribution is 2.27. The van der Waals surface area contributed by atoms with Gasteiger partial charge in [-0.2, -0.15) is 8.42 Å². The molecule has 0 atom stereocenters. The second-order valence-electron chi connectivity index (χ2n) is 2.79. The molecule has 0 aromatic heterocycles. The molecule has 0 N–H and O–H groups in total. The van der Waals surface area contributed by atoms with E-state index in [1.165, 1.54) is 6.92 Å². The van der Waals surface area contributed by atoms with Crippen LogP contribution in [0, 0.1) is 29.1 Å². The zero-order valence-corrected chi connectivity index (χ0v) is 9.36. The van der Waals surface area contributed by atoms with Gasteiger partial charge in [0.25, 0.3) is 0 Å². The fourth-order valence-corrected chi connectivity index (χ4v) is 1.83. The predicted molar refractivity (Wildman–Crippen MR) is 48.7 cm³/mol. The zero-order valence-electron chi connectivity index (χ0n) is 8.55. The standard InChI is InChI=1S/C8H4F5NO3S/c1-2-14-17-18(15,16)8-6(12)4(10)3(9)5(11)7(8)13/h2H,1H3. The van der Waals surface area contributed by atoms with Crippen molar-refractivity contribution in [3.63, 3.8) is 0 Å². The molecule has 0 saturated heterocycles. The summed E-state index contributed by atoms with van der Waals surface area (Å²) in [6.45, 7) is 1.20. The Bertz CT molecular complexity index is 585. The molecule has 0 bridgehead atoms. The Labute approximate surface area is 97.8 Å². The Balaban J connectivity index is 3.61. The van der Waals surface area contributed by atoms with Crippen molar-refractivity contribution in [3.8, 4) is 0 Å². The van der Waals surface area contributed by atoms with Crippen molar-refractivity contribution < 1.29 is 34.7 Å². The molecular formula is C8H4F5NO3S. The van der Waals surface area contributed by atoms with Gasteiger partial charge in [0.05, 0.1) is 0 Å². The van der Waals surface area contributed by atoms with Crippen LogP contribution >= 0.6 is 0 Å². The number of rotatable bonds is 3. The Hall–Kier alpha value is -1.71. The quantitative estimate of drug-likeness (QED) is 0.281. The van der Waals surface area contributed by atoms with Gasteiger partial charge in [-0.15, -0.1) is 0 Å². The number of oxime groups is 1. The van der Waals surface area contributed by atoms with Crippen LogP contribution in [0.5, 0.6) is 0 Å². The monoisotopic (exact) mass is 289 g/mol. The molecule has 0 fully saturated rings. The van der Waals surface area contributed by atoms with E-state index < -0.39 is 44.1 Å². The second kappa shape index (κ2) is 4.88. The van der Waals surface area contributed by atoms with Crippen molar-refractivity contribution >= 4 is 16.3 Å². The maximum absolute atomic E-state index is 13.1. The summed E-state index contributed by atoms with van der Waals surface area (Å²) in [5, 5.41) is 2.70. The molecule has 0 saturated carbocycles. The lowest BCUT2D eigenvalue weighted by Crippen LogP contribution is -2.13. The van der Waals surface area contributed by atoms with Gasteiger partial charge in [-0.3, -0.25) is 4.28 Å². The first-order valence-electron chi connectivity index (χ1n) is 4.17. The summed E-state index contributed by atoms with van der Waals surface area (Å²) < 4.78 is 90.3. The first-order valence-corrected chi connectivity index (χ1v) is 5.58. The summed E-state index contributed by atoms with van der Waals surface area (Å²) in [6.07, 6.45) is 0.795. The van der Waals surface area contributed by atoms with Crippen LogP contribution in [-0.2, 0) is 14.4 Å². The highest BCUT2D eigenvalue weighted by molar-refractivity contribution is 7.86. The molecule has 1 rings (SSSR count). The molecule has 0 aliphatic rings. The van der Waals surface area contributed by atoms with Crippen molar-refractivity contribution in [3.05, 3.63) is 29.1 Å². The minimum atomic E-state index is -5.24. The second-order valence-corrected chi connectivity index (χ2v) is 4.26. The van der Waals surface area contributed by atoms with E-state index in [9.17, 15) is 30.4 Å². The van der Waals surface area contributed by atoms with Gasteiger partial charge < -0.3 is 0 Å². The van der Waals surface area contributed by atoms with E-state index in [0.29, 0.717) is 0 Å². The fourth-order valence-electron chi connectivity index (χ4n) is 0.941. The van der Waals surface area contributed by atoms with Crippen molar-refractivity contribution in [2.45, 2.75) is 11.8 Å². The molecule has 4 nitrogen and oxygen atoms in total. The van der Waals surface area contributed by atoms with E-state index in [-0.39, 0.29) is 0 Å². The molecule has 0 aliphatic carbocycles. The van der Waals surface area contributed by atoms with E-state index in [1.807, 2.05) is 0 Å². The summed E-state index contributed by atoms with van der Waals surface area (Å²) in [4.78, 5) is -2.09. The summed E-state index contributed by atoms with van der Waals surface area (Å²) in [5.41, 5.74) is 0. The lowest BCUT2D eigenvalue weighted by atomic mass is 10.3. The third-order valence-corrected chi connectivity index (χ3v) is 2.81. The molecule has 1 aromatic carbocycles. The van der Waals surface area contributed by atoms with Gasteiger partial charge in [0.2, 0.25) is 5.82 Å². The summed E-state index contributed by atoms with van der Waals surface area (Å²) >= 11 is 0. The van der Waals surface area contributed by atoms with Crippen molar-refractivity contribution in [1.29, 1.82) is 0 Å². The zero-order chi connectivity index (χ0) is 14.1. The Kier molecular flexibility index (Phi) is 3.89. The number of benzene rings is 1. The van der Waals surface area contributed by atoms with Crippen LogP contribution in [0.25, 0.3) is 0 Å². The molecule has 100 valence electrons. The van der Waals surface area contributed by atoms with Crippen molar-refractivity contribution in [2.24, 2.45) is 5.16 Å². The van der Waals surface area contributed by atoms with E-state index in [4.69, 9.17) is 0 Å². The van der Waals surface area contributed by atoms with Crippen LogP contribution in [0.1, 0.15) is 6.92 Å². The van der Waals surface area contributed by atoms with E-state index in [0.717, 1.165) is 6.21 Å². The molecule has 0 aliphatic heterocycles. The minimum absolute atomic E-state index is 0.795. The lowest BCUT2D eigenvalue weighted by molar-refractivity contribution is 0.319. The van der Waals surface area contributed by atoms with E-state index in [2.05, 4.69) is 9.44 Å². The highest BCUT2D eigenvalue weighted by Gasteiger charge is 2.34. The van der Waals surface area contributed by atoms with Crippen LogP contribution < -0.4 is 0 Å². The van der Waals surface area contributed by atoms with Gasteiger partial charge in [-0.25, -0.2) is 22.0 Å². The molecular weight excluding hydrogens is 285 g/mol. The molecule has 1 aromatic rings. The predicted octanol–water partition coefficient (Wildman–Crippen LogP) is 2.09. The lowest BCUT2D eigenvalue weighted by Gasteiger charge is -2.06. The third kappa shape index (κ3) is 2.28. The smallest absolute Gasteiger partial charge is 0.265 e. The molecule has 0 heterocycles. The van der Waals surface area contributed by atoms with Gasteiger partial charge in [0.15, 0.2) is 28.2 Å². The number of hydrogen-bond donors (Lipinski definition) is 0. The van der Waals surface area contributed by atoms with Crippen LogP contribution in [0.3, 0.4) is 0 Å². The Morgan fingerprint density at radius 1 is 0.944 bits per heavy atom. The van der Waals surface area contributed by atoms with Crippen molar-refractivity contribution in [2.75, 3.05) is 0 Å². The Morgan fingerprint density at radius 2 is 1.33 bits per heavy atom. The molecule has 10 heteroatoms. The van der Waals surface area contributed by atoms with E-state index in [1.54, 1.807) is 0 Å². The Morgan fingerprint density at radius 3 is 1.72 bits per heavy atom. The van der Waals surface area contributed by atoms with Gasteiger partial charge >= 0.3 is 10.1 Å². The average molecular weight is 289 g/mol. The summed E-state index contributed by atoms with van der Waals surface area (Å²) in [7, 11) is -5.24. The summed E-state index contributed by atoms with van der Waals surface area (Å²) in [5.74, 6) is -12.3. The fraction of sp³-hybridized carbons (Fsp3) is 0.125. The minimum Gasteiger partial charge on any atom is -0.265 e. The number of nitrogens with zero attached hydrogens (tertiary/aromatic N) is 1. The first kappa shape index (κ1) is 14.4. The van der Waals surface area contributed by atoms with Gasteiger partial charge in [0, 0.05) is 6.21 Å². The molecule has 18 heavy (non-hydrogen) atoms. The van der Waals surface area contributed by atoms with Crippen molar-refractivity contribution in [1.82, 2.24) is 0 Å². The number of hydrogen-bond acceptors (Lipinski definition) is 4. The third-order valence-electron chi connectivity index (χ3n) is 1.67. The molecule has 0 unspecified atom stereocenters. The maximum atomic E-state index is 13.1. The SMILES string of the molecule is CC=NOS(=O)(=O)c1c(F)c(F)c(F)c(F)c1F. The van der Waals surface area contributed by atoms with Crippen LogP contribution in [-0.4, -0.2) is 14.6 Å². The first-order chi connectivity index (χ1) is 8.24. The van der Waals surface area contributed by atoms with Gasteiger partial charge in [0.1, 0.15) is 0 Å². The molecule has 0 amide bonds. The van der Waals surface area contributed by atoms with Crippen LogP contribution in [0.2, 0.25) is 0 Å². The molecule has 0 radical (unpaired) electrons. The average Bonchev–Trinajstić information content (AvgIpc) is 2.31. The van der Waals surface area contributed by atoms with E-state index >= 15 is 0 Å². The normalized spacial score (nSPS) is 12.1. The number of halogens is 5. The van der Waals surface area contributed by atoms with Crippen LogP contribution in [0.4, 0.5) is 22.0 Å². The van der Waals surface area contributed by atoms with Gasteiger partial charge in [-0.1, -0.05) is 5.16 Å². The highest BCUT2D eigenvalue weighted by atomic mass is 32.2.